The van der Waals surface area contributed by atoms with Crippen LogP contribution in [0.5, 0.6) is 0 Å². The Hall–Kier alpha value is -1.85. The van der Waals surface area contributed by atoms with Gasteiger partial charge >= 0.3 is 0 Å². The molecule has 2 fully saturated rings. The first-order valence-corrected chi connectivity index (χ1v) is 8.70. The van der Waals surface area contributed by atoms with Crippen molar-refractivity contribution in [2.75, 3.05) is 6.54 Å². The minimum atomic E-state index is -0.108. The van der Waals surface area contributed by atoms with Gasteiger partial charge in [0.1, 0.15) is 12.0 Å². The summed E-state index contributed by atoms with van der Waals surface area (Å²) in [5.74, 6) is 0.124. The third kappa shape index (κ3) is 4.12. The molecule has 0 aromatic carbocycles. The molecule has 2 aliphatic rings. The fourth-order valence-electron chi connectivity index (χ4n) is 3.66. The average molecular weight is 319 g/mol. The number of aromatic nitrogens is 1. The summed E-state index contributed by atoms with van der Waals surface area (Å²) in [5.41, 5.74) is 0.714. The maximum Gasteiger partial charge on any atom is 0.225 e. The van der Waals surface area contributed by atoms with E-state index in [9.17, 15) is 9.59 Å². The summed E-state index contributed by atoms with van der Waals surface area (Å²) in [5, 5.41) is 6.70. The van der Waals surface area contributed by atoms with Crippen molar-refractivity contribution in [1.29, 1.82) is 0 Å². The predicted octanol–water partition coefficient (Wildman–Crippen LogP) is 2.25. The first-order valence-electron chi connectivity index (χ1n) is 8.70. The van der Waals surface area contributed by atoms with Crippen LogP contribution < -0.4 is 5.32 Å². The van der Waals surface area contributed by atoms with Crippen LogP contribution in [-0.2, 0) is 16.1 Å². The molecular weight excluding hydrogens is 294 g/mol. The Bertz CT molecular complexity index is 521. The van der Waals surface area contributed by atoms with Crippen molar-refractivity contribution in [3.05, 3.63) is 18.0 Å². The van der Waals surface area contributed by atoms with Crippen LogP contribution in [-0.4, -0.2) is 34.5 Å². The lowest BCUT2D eigenvalue weighted by molar-refractivity contribution is -0.141. The zero-order valence-electron chi connectivity index (χ0n) is 13.5. The molecule has 0 unspecified atom stereocenters. The SMILES string of the molecule is O=C(NCc1ccon1)[C@@H]1CCC(=O)N(C2CCCCCC2)C1. The Balaban J connectivity index is 1.55. The molecule has 1 aliphatic carbocycles. The topological polar surface area (TPSA) is 75.4 Å². The third-order valence-electron chi connectivity index (χ3n) is 5.02. The van der Waals surface area contributed by atoms with E-state index in [1.54, 1.807) is 6.07 Å². The molecule has 0 radical (unpaired) electrons. The minimum absolute atomic E-state index is 0.0131. The average Bonchev–Trinajstić information content (AvgIpc) is 2.94. The zero-order chi connectivity index (χ0) is 16.1. The number of nitrogens with zero attached hydrogens (tertiary/aromatic N) is 2. The van der Waals surface area contributed by atoms with Gasteiger partial charge in [-0.25, -0.2) is 0 Å². The van der Waals surface area contributed by atoms with Crippen LogP contribution >= 0.6 is 0 Å². The molecule has 0 bridgehead atoms. The van der Waals surface area contributed by atoms with E-state index in [0.717, 1.165) is 12.8 Å². The highest BCUT2D eigenvalue weighted by atomic mass is 16.5. The summed E-state index contributed by atoms with van der Waals surface area (Å²) in [6.07, 6.45) is 9.70. The van der Waals surface area contributed by atoms with Crippen molar-refractivity contribution in [3.8, 4) is 0 Å². The summed E-state index contributed by atoms with van der Waals surface area (Å²) < 4.78 is 4.76. The smallest absolute Gasteiger partial charge is 0.225 e. The maximum atomic E-state index is 12.4. The van der Waals surface area contributed by atoms with E-state index in [1.165, 1.54) is 31.9 Å². The third-order valence-corrected chi connectivity index (χ3v) is 5.02. The van der Waals surface area contributed by atoms with Crippen LogP contribution in [0.15, 0.2) is 16.9 Å². The highest BCUT2D eigenvalue weighted by Crippen LogP contribution is 2.27. The molecule has 126 valence electrons. The van der Waals surface area contributed by atoms with Gasteiger partial charge in [-0.2, -0.15) is 0 Å². The van der Waals surface area contributed by atoms with Crippen molar-refractivity contribution in [1.82, 2.24) is 15.4 Å². The second-order valence-corrected chi connectivity index (χ2v) is 6.64. The summed E-state index contributed by atoms with van der Waals surface area (Å²) >= 11 is 0. The predicted molar refractivity (Wildman–Crippen MR) is 84.3 cm³/mol. The molecule has 0 spiro atoms. The van der Waals surface area contributed by atoms with Crippen molar-refractivity contribution in [2.24, 2.45) is 5.92 Å². The van der Waals surface area contributed by atoms with Gasteiger partial charge in [0.05, 0.1) is 12.5 Å². The van der Waals surface area contributed by atoms with E-state index >= 15 is 0 Å². The van der Waals surface area contributed by atoms with Crippen LogP contribution in [0.4, 0.5) is 0 Å². The molecule has 2 amide bonds. The number of piperidine rings is 1. The highest BCUT2D eigenvalue weighted by Gasteiger charge is 2.34. The Morgan fingerprint density at radius 3 is 2.74 bits per heavy atom. The molecule has 1 aliphatic heterocycles. The molecule has 6 heteroatoms. The maximum absolute atomic E-state index is 12.4. The summed E-state index contributed by atoms with van der Waals surface area (Å²) in [6, 6.07) is 2.07. The van der Waals surface area contributed by atoms with Gasteiger partial charge in [0, 0.05) is 25.1 Å². The van der Waals surface area contributed by atoms with Gasteiger partial charge < -0.3 is 14.7 Å². The van der Waals surface area contributed by atoms with Gasteiger partial charge in [-0.3, -0.25) is 9.59 Å². The molecule has 3 rings (SSSR count). The Labute approximate surface area is 136 Å². The molecule has 1 N–H and O–H groups in total. The van der Waals surface area contributed by atoms with Gasteiger partial charge in [0.2, 0.25) is 11.8 Å². The summed E-state index contributed by atoms with van der Waals surface area (Å²) in [4.78, 5) is 26.7. The number of nitrogens with one attached hydrogen (secondary N) is 1. The Kier molecular flexibility index (Phi) is 5.31. The molecule has 23 heavy (non-hydrogen) atoms. The number of hydrogen-bond donors (Lipinski definition) is 1. The second kappa shape index (κ2) is 7.62. The van der Waals surface area contributed by atoms with Gasteiger partial charge in [0.25, 0.3) is 0 Å². The Morgan fingerprint density at radius 1 is 1.26 bits per heavy atom. The van der Waals surface area contributed by atoms with Crippen molar-refractivity contribution >= 4 is 11.8 Å². The molecule has 1 aromatic heterocycles. The van der Waals surface area contributed by atoms with Gasteiger partial charge in [-0.15, -0.1) is 0 Å². The highest BCUT2D eigenvalue weighted by molar-refractivity contribution is 5.84. The van der Waals surface area contributed by atoms with Gasteiger partial charge in [-0.05, 0) is 19.3 Å². The van der Waals surface area contributed by atoms with E-state index in [2.05, 4.69) is 10.5 Å². The lowest BCUT2D eigenvalue weighted by Gasteiger charge is -2.37. The number of carbonyl (C=O) groups excluding carboxylic acids is 2. The van der Waals surface area contributed by atoms with Crippen LogP contribution in [0.1, 0.15) is 57.1 Å². The monoisotopic (exact) mass is 319 g/mol. The Morgan fingerprint density at radius 2 is 2.04 bits per heavy atom. The fraction of sp³-hybridized carbons (Fsp3) is 0.706. The number of hydrogen-bond acceptors (Lipinski definition) is 4. The number of likely N-dealkylation sites (tertiary alicyclic amines) is 1. The molecular formula is C17H25N3O3. The van der Waals surface area contributed by atoms with Gasteiger partial charge in [0.15, 0.2) is 0 Å². The molecule has 1 saturated carbocycles. The second-order valence-electron chi connectivity index (χ2n) is 6.64. The quantitative estimate of drug-likeness (QED) is 0.864. The first-order chi connectivity index (χ1) is 11.2. The molecule has 1 aromatic rings. The largest absolute Gasteiger partial charge is 0.364 e. The molecule has 2 heterocycles. The van der Waals surface area contributed by atoms with E-state index in [0.29, 0.717) is 37.7 Å². The van der Waals surface area contributed by atoms with Crippen LogP contribution in [0, 0.1) is 5.92 Å². The van der Waals surface area contributed by atoms with Crippen molar-refractivity contribution < 1.29 is 14.1 Å². The van der Waals surface area contributed by atoms with Crippen molar-refractivity contribution in [3.63, 3.8) is 0 Å². The zero-order valence-corrected chi connectivity index (χ0v) is 13.5. The minimum Gasteiger partial charge on any atom is -0.364 e. The van der Waals surface area contributed by atoms with E-state index in [1.807, 2.05) is 4.90 Å². The number of amides is 2. The molecule has 1 atom stereocenters. The number of rotatable bonds is 4. The fourth-order valence-corrected chi connectivity index (χ4v) is 3.66. The van der Waals surface area contributed by atoms with Crippen LogP contribution in [0.25, 0.3) is 0 Å². The normalized spacial score (nSPS) is 23.6. The number of carbonyl (C=O) groups is 2. The summed E-state index contributed by atoms with van der Waals surface area (Å²) in [6.45, 7) is 0.942. The lowest BCUT2D eigenvalue weighted by Crippen LogP contribution is -2.49. The van der Waals surface area contributed by atoms with Crippen LogP contribution in [0.2, 0.25) is 0 Å². The van der Waals surface area contributed by atoms with E-state index in [-0.39, 0.29) is 17.7 Å². The van der Waals surface area contributed by atoms with E-state index in [4.69, 9.17) is 4.52 Å². The lowest BCUT2D eigenvalue weighted by atomic mass is 9.93. The first kappa shape index (κ1) is 16.0. The van der Waals surface area contributed by atoms with E-state index < -0.39 is 0 Å². The molecule has 1 saturated heterocycles. The van der Waals surface area contributed by atoms with Crippen molar-refractivity contribution in [2.45, 2.75) is 64.0 Å². The molecule has 6 nitrogen and oxygen atoms in total. The summed E-state index contributed by atoms with van der Waals surface area (Å²) in [7, 11) is 0. The standard InChI is InChI=1S/C17H25N3O3/c21-16-8-7-13(17(22)18-11-14-9-10-23-19-14)12-20(16)15-5-3-1-2-4-6-15/h9-10,13,15H,1-8,11-12H2,(H,18,22)/t13-/m1/s1. The van der Waals surface area contributed by atoms with Crippen LogP contribution in [0.3, 0.4) is 0 Å². The van der Waals surface area contributed by atoms with Gasteiger partial charge in [-0.1, -0.05) is 30.8 Å².